The maximum atomic E-state index is 12.2. The Balaban J connectivity index is 1.94. The van der Waals surface area contributed by atoms with E-state index in [1.165, 1.54) is 11.1 Å². The number of carbonyl (C=O) groups is 1. The molecule has 128 valence electrons. The number of benzene rings is 2. The summed E-state index contributed by atoms with van der Waals surface area (Å²) >= 11 is 5.97. The van der Waals surface area contributed by atoms with Crippen LogP contribution in [0.15, 0.2) is 36.4 Å². The largest absolute Gasteiger partial charge is 0.495 e. The number of hydrogen-bond acceptors (Lipinski definition) is 3. The monoisotopic (exact) mass is 346 g/mol. The van der Waals surface area contributed by atoms with Gasteiger partial charge in [-0.3, -0.25) is 4.79 Å². The summed E-state index contributed by atoms with van der Waals surface area (Å²) in [6.07, 6.45) is 1.31. The zero-order chi connectivity index (χ0) is 17.5. The Bertz CT molecular complexity index is 717. The number of amides is 1. The number of nitrogens with one attached hydrogen (secondary N) is 2. The molecule has 0 aliphatic carbocycles. The highest BCUT2D eigenvalue weighted by Gasteiger charge is 2.09. The third kappa shape index (κ3) is 4.65. The standard InChI is InChI=1S/C19H23ClN2O2/c1-4-14-7-5-6-13(2)19(14)21-11-10-18(23)22-16-12-15(20)8-9-17(16)24-3/h5-9,12,21H,4,10-11H2,1-3H3,(H,22,23). The van der Waals surface area contributed by atoms with E-state index < -0.39 is 0 Å². The van der Waals surface area contributed by atoms with Crippen molar-refractivity contribution in [3.8, 4) is 5.75 Å². The number of methoxy groups -OCH3 is 1. The van der Waals surface area contributed by atoms with Crippen molar-refractivity contribution in [3.63, 3.8) is 0 Å². The van der Waals surface area contributed by atoms with Crippen molar-refractivity contribution in [1.82, 2.24) is 0 Å². The Kier molecular flexibility index (Phi) is 6.50. The Morgan fingerprint density at radius 1 is 1.25 bits per heavy atom. The molecule has 2 N–H and O–H groups in total. The minimum atomic E-state index is -0.0882. The van der Waals surface area contributed by atoms with Crippen LogP contribution in [-0.2, 0) is 11.2 Å². The summed E-state index contributed by atoms with van der Waals surface area (Å²) in [5.41, 5.74) is 4.14. The van der Waals surface area contributed by atoms with Gasteiger partial charge in [-0.2, -0.15) is 0 Å². The maximum absolute atomic E-state index is 12.2. The molecule has 0 aromatic heterocycles. The zero-order valence-electron chi connectivity index (χ0n) is 14.3. The highest BCUT2D eigenvalue weighted by molar-refractivity contribution is 6.31. The molecule has 0 heterocycles. The number of aryl methyl sites for hydroxylation is 2. The first-order valence-electron chi connectivity index (χ1n) is 8.01. The molecule has 0 aliphatic heterocycles. The Morgan fingerprint density at radius 2 is 2.04 bits per heavy atom. The van der Waals surface area contributed by atoms with Crippen LogP contribution in [0.1, 0.15) is 24.5 Å². The first-order chi connectivity index (χ1) is 11.5. The number of carbonyl (C=O) groups excluding carboxylic acids is 1. The number of halogens is 1. The number of rotatable bonds is 7. The van der Waals surface area contributed by atoms with Crippen LogP contribution in [0.25, 0.3) is 0 Å². The Morgan fingerprint density at radius 3 is 2.75 bits per heavy atom. The van der Waals surface area contributed by atoms with Crippen LogP contribution in [0.2, 0.25) is 5.02 Å². The summed E-state index contributed by atoms with van der Waals surface area (Å²) in [6.45, 7) is 4.75. The van der Waals surface area contributed by atoms with E-state index in [0.29, 0.717) is 29.4 Å². The minimum absolute atomic E-state index is 0.0882. The van der Waals surface area contributed by atoms with Crippen LogP contribution < -0.4 is 15.4 Å². The highest BCUT2D eigenvalue weighted by Crippen LogP contribution is 2.27. The number of anilines is 2. The Labute approximate surface area is 148 Å². The van der Waals surface area contributed by atoms with Gasteiger partial charge in [-0.25, -0.2) is 0 Å². The fourth-order valence-electron chi connectivity index (χ4n) is 2.57. The molecular formula is C19H23ClN2O2. The van der Waals surface area contributed by atoms with Crippen molar-refractivity contribution < 1.29 is 9.53 Å². The van der Waals surface area contributed by atoms with Gasteiger partial charge in [0.25, 0.3) is 0 Å². The minimum Gasteiger partial charge on any atom is -0.495 e. The lowest BCUT2D eigenvalue weighted by Gasteiger charge is -2.14. The Hall–Kier alpha value is -2.20. The van der Waals surface area contributed by atoms with Crippen LogP contribution in [0, 0.1) is 6.92 Å². The van der Waals surface area contributed by atoms with Gasteiger partial charge in [-0.15, -0.1) is 0 Å². The van der Waals surface area contributed by atoms with E-state index in [1.807, 2.05) is 0 Å². The fourth-order valence-corrected chi connectivity index (χ4v) is 2.74. The van der Waals surface area contributed by atoms with Gasteiger partial charge < -0.3 is 15.4 Å². The lowest BCUT2D eigenvalue weighted by molar-refractivity contribution is -0.116. The van der Waals surface area contributed by atoms with Gasteiger partial charge in [0.2, 0.25) is 5.91 Å². The molecule has 0 atom stereocenters. The second-order valence-electron chi connectivity index (χ2n) is 5.53. The molecule has 0 unspecified atom stereocenters. The lowest BCUT2D eigenvalue weighted by Crippen LogP contribution is -2.17. The van der Waals surface area contributed by atoms with E-state index in [9.17, 15) is 4.79 Å². The highest BCUT2D eigenvalue weighted by atomic mass is 35.5. The van der Waals surface area contributed by atoms with E-state index in [1.54, 1.807) is 25.3 Å². The molecular weight excluding hydrogens is 324 g/mol. The van der Waals surface area contributed by atoms with Crippen molar-refractivity contribution in [3.05, 3.63) is 52.5 Å². The lowest BCUT2D eigenvalue weighted by atomic mass is 10.1. The first-order valence-corrected chi connectivity index (χ1v) is 8.38. The quantitative estimate of drug-likeness (QED) is 0.766. The number of hydrogen-bond donors (Lipinski definition) is 2. The van der Waals surface area contributed by atoms with Crippen LogP contribution in [0.4, 0.5) is 11.4 Å². The second kappa shape index (κ2) is 8.60. The number of ether oxygens (including phenoxy) is 1. The zero-order valence-corrected chi connectivity index (χ0v) is 15.0. The van der Waals surface area contributed by atoms with Crippen molar-refractivity contribution in [1.29, 1.82) is 0 Å². The van der Waals surface area contributed by atoms with Gasteiger partial charge in [0.1, 0.15) is 5.75 Å². The predicted molar refractivity (Wildman–Crippen MR) is 100 cm³/mol. The van der Waals surface area contributed by atoms with Crippen molar-refractivity contribution in [2.24, 2.45) is 0 Å². The van der Waals surface area contributed by atoms with Crippen LogP contribution in [0.3, 0.4) is 0 Å². The van der Waals surface area contributed by atoms with Gasteiger partial charge in [0.15, 0.2) is 0 Å². The molecule has 2 aromatic rings. The topological polar surface area (TPSA) is 50.4 Å². The summed E-state index contributed by atoms with van der Waals surface area (Å²) in [5.74, 6) is 0.502. The third-order valence-electron chi connectivity index (χ3n) is 3.83. The molecule has 0 saturated carbocycles. The molecule has 0 fully saturated rings. The van der Waals surface area contributed by atoms with E-state index in [4.69, 9.17) is 16.3 Å². The average Bonchev–Trinajstić information content (AvgIpc) is 2.56. The molecule has 2 rings (SSSR count). The van der Waals surface area contributed by atoms with Gasteiger partial charge >= 0.3 is 0 Å². The molecule has 0 aliphatic rings. The summed E-state index contributed by atoms with van der Waals surface area (Å²) in [6, 6.07) is 11.4. The molecule has 0 saturated heterocycles. The van der Waals surface area contributed by atoms with Gasteiger partial charge in [0, 0.05) is 23.7 Å². The number of para-hydroxylation sites is 1. The van der Waals surface area contributed by atoms with Crippen molar-refractivity contribution >= 4 is 28.9 Å². The van der Waals surface area contributed by atoms with E-state index in [-0.39, 0.29) is 5.91 Å². The SMILES string of the molecule is CCc1cccc(C)c1NCCC(=O)Nc1cc(Cl)ccc1OC. The molecule has 0 radical (unpaired) electrons. The molecule has 4 nitrogen and oxygen atoms in total. The van der Waals surface area contributed by atoms with Gasteiger partial charge in [-0.1, -0.05) is 36.7 Å². The fraction of sp³-hybridized carbons (Fsp3) is 0.316. The second-order valence-corrected chi connectivity index (χ2v) is 5.97. The summed E-state index contributed by atoms with van der Waals surface area (Å²) < 4.78 is 5.23. The third-order valence-corrected chi connectivity index (χ3v) is 4.06. The molecule has 5 heteroatoms. The van der Waals surface area contributed by atoms with Crippen LogP contribution in [0.5, 0.6) is 5.75 Å². The molecule has 24 heavy (non-hydrogen) atoms. The maximum Gasteiger partial charge on any atom is 0.226 e. The van der Waals surface area contributed by atoms with E-state index in [2.05, 4.69) is 42.7 Å². The van der Waals surface area contributed by atoms with Crippen molar-refractivity contribution in [2.45, 2.75) is 26.7 Å². The normalized spacial score (nSPS) is 10.3. The molecule has 2 aromatic carbocycles. The molecule has 0 spiro atoms. The van der Waals surface area contributed by atoms with Gasteiger partial charge in [-0.05, 0) is 42.7 Å². The van der Waals surface area contributed by atoms with E-state index >= 15 is 0 Å². The predicted octanol–water partition coefficient (Wildman–Crippen LogP) is 4.66. The van der Waals surface area contributed by atoms with Crippen LogP contribution >= 0.6 is 11.6 Å². The average molecular weight is 347 g/mol. The summed E-state index contributed by atoms with van der Waals surface area (Å²) in [4.78, 5) is 12.2. The first kappa shape index (κ1) is 18.1. The molecule has 0 bridgehead atoms. The van der Waals surface area contributed by atoms with Crippen molar-refractivity contribution in [2.75, 3.05) is 24.3 Å². The van der Waals surface area contributed by atoms with Gasteiger partial charge in [0.05, 0.1) is 12.8 Å². The summed E-state index contributed by atoms with van der Waals surface area (Å²) in [5, 5.41) is 6.77. The smallest absolute Gasteiger partial charge is 0.226 e. The summed E-state index contributed by atoms with van der Waals surface area (Å²) in [7, 11) is 1.56. The van der Waals surface area contributed by atoms with Crippen LogP contribution in [-0.4, -0.2) is 19.6 Å². The molecule has 1 amide bonds. The van der Waals surface area contributed by atoms with E-state index in [0.717, 1.165) is 12.1 Å².